The first kappa shape index (κ1) is 14.7. The number of rotatable bonds is 3. The van der Waals surface area contributed by atoms with Crippen LogP contribution < -0.4 is 10.2 Å². The van der Waals surface area contributed by atoms with Crippen molar-refractivity contribution in [2.75, 3.05) is 38.1 Å². The van der Waals surface area contributed by atoms with E-state index in [1.165, 1.54) is 45.2 Å². The Morgan fingerprint density at radius 3 is 2.62 bits per heavy atom. The first-order chi connectivity index (χ1) is 10.3. The zero-order chi connectivity index (χ0) is 14.5. The Morgan fingerprint density at radius 1 is 1.00 bits per heavy atom. The summed E-state index contributed by atoms with van der Waals surface area (Å²) in [6, 6.07) is 3.14. The van der Waals surface area contributed by atoms with Gasteiger partial charge in [-0.25, -0.2) is 9.97 Å². The van der Waals surface area contributed by atoms with Crippen LogP contribution in [0.25, 0.3) is 0 Å². The largest absolute Gasteiger partial charge is 0.339 e. The molecule has 5 nitrogen and oxygen atoms in total. The van der Waals surface area contributed by atoms with Gasteiger partial charge in [0, 0.05) is 37.6 Å². The van der Waals surface area contributed by atoms with Crippen molar-refractivity contribution >= 4 is 5.95 Å². The van der Waals surface area contributed by atoms with Gasteiger partial charge in [0.25, 0.3) is 0 Å². The summed E-state index contributed by atoms with van der Waals surface area (Å²) in [6.07, 6.45) is 10.1. The van der Waals surface area contributed by atoms with E-state index in [0.717, 1.165) is 19.0 Å². The van der Waals surface area contributed by atoms with Crippen LogP contribution in [0.15, 0.2) is 18.5 Å². The predicted molar refractivity (Wildman–Crippen MR) is 85.5 cm³/mol. The number of piperidine rings is 1. The third-order valence-electron chi connectivity index (χ3n) is 4.68. The lowest BCUT2D eigenvalue weighted by atomic mass is 10.0. The zero-order valence-electron chi connectivity index (χ0n) is 13.0. The zero-order valence-corrected chi connectivity index (χ0v) is 13.0. The highest BCUT2D eigenvalue weighted by molar-refractivity contribution is 5.29. The minimum Gasteiger partial charge on any atom is -0.339 e. The molecule has 1 aromatic heterocycles. The Kier molecular flexibility index (Phi) is 5.04. The Labute approximate surface area is 127 Å². The molecule has 0 bridgehead atoms. The molecule has 2 fully saturated rings. The van der Waals surface area contributed by atoms with Gasteiger partial charge < -0.3 is 15.1 Å². The second-order valence-electron chi connectivity index (χ2n) is 6.43. The molecule has 3 heterocycles. The van der Waals surface area contributed by atoms with Gasteiger partial charge in [0.15, 0.2) is 0 Å². The van der Waals surface area contributed by atoms with Crippen LogP contribution in [0, 0.1) is 0 Å². The van der Waals surface area contributed by atoms with Crippen molar-refractivity contribution in [2.24, 2.45) is 0 Å². The van der Waals surface area contributed by atoms with Crippen molar-refractivity contribution in [3.05, 3.63) is 18.5 Å². The van der Waals surface area contributed by atoms with Crippen molar-refractivity contribution in [3.63, 3.8) is 0 Å². The third-order valence-corrected chi connectivity index (χ3v) is 4.68. The number of nitrogens with one attached hydrogen (secondary N) is 1. The van der Waals surface area contributed by atoms with Crippen LogP contribution in [0.1, 0.15) is 32.1 Å². The molecule has 5 heteroatoms. The van der Waals surface area contributed by atoms with E-state index in [1.807, 2.05) is 18.5 Å². The molecule has 0 spiro atoms. The quantitative estimate of drug-likeness (QED) is 0.914. The van der Waals surface area contributed by atoms with Crippen molar-refractivity contribution in [1.29, 1.82) is 0 Å². The monoisotopic (exact) mass is 289 g/mol. The van der Waals surface area contributed by atoms with Gasteiger partial charge in [0.1, 0.15) is 0 Å². The standard InChI is InChI=1S/C16H27N5/c1-20-10-2-5-14(7-12-20)19-15-6-3-11-21(13-15)16-17-8-4-9-18-16/h4,8-9,14-15,19H,2-3,5-7,10-13H2,1H3. The van der Waals surface area contributed by atoms with Crippen molar-refractivity contribution < 1.29 is 0 Å². The van der Waals surface area contributed by atoms with Crippen LogP contribution in [-0.4, -0.2) is 60.2 Å². The summed E-state index contributed by atoms with van der Waals surface area (Å²) in [4.78, 5) is 13.6. The molecule has 2 atom stereocenters. The van der Waals surface area contributed by atoms with Gasteiger partial charge in [-0.2, -0.15) is 0 Å². The van der Waals surface area contributed by atoms with Gasteiger partial charge in [-0.3, -0.25) is 0 Å². The first-order valence-electron chi connectivity index (χ1n) is 8.28. The Morgan fingerprint density at radius 2 is 1.76 bits per heavy atom. The molecule has 1 aromatic rings. The molecular weight excluding hydrogens is 262 g/mol. The lowest BCUT2D eigenvalue weighted by Crippen LogP contribution is -2.49. The second-order valence-corrected chi connectivity index (χ2v) is 6.43. The fraction of sp³-hybridized carbons (Fsp3) is 0.750. The number of nitrogens with zero attached hydrogens (tertiary/aromatic N) is 4. The fourth-order valence-corrected chi connectivity index (χ4v) is 3.49. The topological polar surface area (TPSA) is 44.3 Å². The van der Waals surface area contributed by atoms with Crippen LogP contribution in [0.3, 0.4) is 0 Å². The molecule has 0 aliphatic carbocycles. The maximum atomic E-state index is 4.39. The summed E-state index contributed by atoms with van der Waals surface area (Å²) in [5.74, 6) is 0.879. The molecule has 3 rings (SSSR count). The highest BCUT2D eigenvalue weighted by Crippen LogP contribution is 2.17. The number of hydrogen-bond acceptors (Lipinski definition) is 5. The molecule has 2 aliphatic heterocycles. The van der Waals surface area contributed by atoms with Crippen LogP contribution in [0.5, 0.6) is 0 Å². The SMILES string of the molecule is CN1CCCC(NC2CCCN(c3ncccn3)C2)CC1. The molecule has 1 N–H and O–H groups in total. The Balaban J connectivity index is 1.54. The molecule has 2 unspecified atom stereocenters. The molecule has 0 aromatic carbocycles. The summed E-state index contributed by atoms with van der Waals surface area (Å²) >= 11 is 0. The minimum atomic E-state index is 0.580. The molecule has 0 radical (unpaired) electrons. The van der Waals surface area contributed by atoms with Crippen LogP contribution in [0.2, 0.25) is 0 Å². The van der Waals surface area contributed by atoms with E-state index < -0.39 is 0 Å². The van der Waals surface area contributed by atoms with Gasteiger partial charge in [0.2, 0.25) is 5.95 Å². The average molecular weight is 289 g/mol. The van der Waals surface area contributed by atoms with Gasteiger partial charge in [-0.15, -0.1) is 0 Å². The first-order valence-corrected chi connectivity index (χ1v) is 8.28. The summed E-state index contributed by atoms with van der Waals surface area (Å²) in [5.41, 5.74) is 0. The Hall–Kier alpha value is -1.20. The Bertz CT molecular complexity index is 424. The van der Waals surface area contributed by atoms with E-state index >= 15 is 0 Å². The molecule has 2 saturated heterocycles. The van der Waals surface area contributed by atoms with Gasteiger partial charge in [-0.05, 0) is 58.3 Å². The number of likely N-dealkylation sites (tertiary alicyclic amines) is 1. The number of anilines is 1. The lowest BCUT2D eigenvalue weighted by molar-refractivity contribution is 0.328. The van der Waals surface area contributed by atoms with Crippen molar-refractivity contribution in [2.45, 2.75) is 44.2 Å². The van der Waals surface area contributed by atoms with Crippen LogP contribution in [-0.2, 0) is 0 Å². The van der Waals surface area contributed by atoms with E-state index in [9.17, 15) is 0 Å². The average Bonchev–Trinajstić information content (AvgIpc) is 2.73. The van der Waals surface area contributed by atoms with Crippen molar-refractivity contribution in [3.8, 4) is 0 Å². The molecule has 21 heavy (non-hydrogen) atoms. The molecular formula is C16H27N5. The molecule has 0 amide bonds. The maximum absolute atomic E-state index is 4.39. The van der Waals surface area contributed by atoms with Crippen LogP contribution >= 0.6 is 0 Å². The van der Waals surface area contributed by atoms with Gasteiger partial charge in [0.05, 0.1) is 0 Å². The summed E-state index contributed by atoms with van der Waals surface area (Å²) < 4.78 is 0. The molecule has 116 valence electrons. The highest BCUT2D eigenvalue weighted by Gasteiger charge is 2.24. The third kappa shape index (κ3) is 4.14. The van der Waals surface area contributed by atoms with E-state index in [4.69, 9.17) is 0 Å². The predicted octanol–water partition coefficient (Wildman–Crippen LogP) is 1.52. The second kappa shape index (κ2) is 7.18. The van der Waals surface area contributed by atoms with E-state index in [2.05, 4.69) is 32.1 Å². The summed E-state index contributed by atoms with van der Waals surface area (Å²) in [5, 5.41) is 3.89. The minimum absolute atomic E-state index is 0.580. The van der Waals surface area contributed by atoms with Gasteiger partial charge >= 0.3 is 0 Å². The van der Waals surface area contributed by atoms with E-state index in [0.29, 0.717) is 12.1 Å². The normalized spacial score (nSPS) is 28.3. The van der Waals surface area contributed by atoms with Gasteiger partial charge in [-0.1, -0.05) is 0 Å². The number of aromatic nitrogens is 2. The summed E-state index contributed by atoms with van der Waals surface area (Å²) in [6.45, 7) is 4.58. The fourth-order valence-electron chi connectivity index (χ4n) is 3.49. The summed E-state index contributed by atoms with van der Waals surface area (Å²) in [7, 11) is 2.23. The molecule has 0 saturated carbocycles. The smallest absolute Gasteiger partial charge is 0.225 e. The maximum Gasteiger partial charge on any atom is 0.225 e. The van der Waals surface area contributed by atoms with E-state index in [1.54, 1.807) is 0 Å². The van der Waals surface area contributed by atoms with E-state index in [-0.39, 0.29) is 0 Å². The lowest BCUT2D eigenvalue weighted by Gasteiger charge is -2.35. The highest BCUT2D eigenvalue weighted by atomic mass is 15.3. The van der Waals surface area contributed by atoms with Crippen molar-refractivity contribution in [1.82, 2.24) is 20.2 Å². The number of hydrogen-bond donors (Lipinski definition) is 1. The molecule has 2 aliphatic rings. The van der Waals surface area contributed by atoms with Crippen LogP contribution in [0.4, 0.5) is 5.95 Å².